The first-order valence-corrected chi connectivity index (χ1v) is 10.5. The molecule has 0 aliphatic carbocycles. The Labute approximate surface area is 173 Å². The number of carbonyl (C=O) groups excluding carboxylic acids is 1. The van der Waals surface area contributed by atoms with Gasteiger partial charge in [-0.15, -0.1) is 0 Å². The van der Waals surface area contributed by atoms with Crippen molar-refractivity contribution in [1.29, 1.82) is 0 Å². The molecule has 0 spiro atoms. The predicted molar refractivity (Wildman–Crippen MR) is 122 cm³/mol. The van der Waals surface area contributed by atoms with Gasteiger partial charge in [0.2, 0.25) is 0 Å². The van der Waals surface area contributed by atoms with E-state index in [9.17, 15) is 4.79 Å². The lowest BCUT2D eigenvalue weighted by Gasteiger charge is -2.20. The minimum Gasteiger partial charge on any atom is -0.287 e. The van der Waals surface area contributed by atoms with Gasteiger partial charge in [0.25, 0.3) is 0 Å². The van der Waals surface area contributed by atoms with Crippen LogP contribution in [0.15, 0.2) is 47.4 Å². The highest BCUT2D eigenvalue weighted by molar-refractivity contribution is 8.13. The first-order chi connectivity index (χ1) is 13.2. The molecule has 0 unspecified atom stereocenters. The van der Waals surface area contributed by atoms with Crippen molar-refractivity contribution in [3.63, 3.8) is 0 Å². The molecule has 0 N–H and O–H groups in total. The molecule has 0 aliphatic rings. The maximum absolute atomic E-state index is 12.2. The second-order valence-corrected chi connectivity index (χ2v) is 9.01. The summed E-state index contributed by atoms with van der Waals surface area (Å²) in [5, 5.41) is 0.110. The van der Waals surface area contributed by atoms with Crippen molar-refractivity contribution in [1.82, 2.24) is 0 Å². The largest absolute Gasteiger partial charge is 0.287 e. The topological polar surface area (TPSA) is 17.1 Å². The Morgan fingerprint density at radius 3 is 1.36 bits per heavy atom. The van der Waals surface area contributed by atoms with E-state index in [-0.39, 0.29) is 5.12 Å². The van der Waals surface area contributed by atoms with Crippen molar-refractivity contribution in [2.75, 3.05) is 0 Å². The van der Waals surface area contributed by atoms with Gasteiger partial charge in [0.15, 0.2) is 5.12 Å². The molecular formula is C26H28OS. The minimum atomic E-state index is 0.110. The van der Waals surface area contributed by atoms with Crippen LogP contribution in [0.25, 0.3) is 22.3 Å². The van der Waals surface area contributed by atoms with E-state index >= 15 is 0 Å². The normalized spacial score (nSPS) is 11.0. The number of carbonyl (C=O) groups is 1. The quantitative estimate of drug-likeness (QED) is 0.432. The molecule has 0 radical (unpaired) electrons. The summed E-state index contributed by atoms with van der Waals surface area (Å²) in [5.41, 5.74) is 12.3. The van der Waals surface area contributed by atoms with Crippen molar-refractivity contribution < 1.29 is 4.79 Å². The highest BCUT2D eigenvalue weighted by Crippen LogP contribution is 2.43. The third kappa shape index (κ3) is 3.93. The minimum absolute atomic E-state index is 0.110. The van der Waals surface area contributed by atoms with E-state index < -0.39 is 0 Å². The summed E-state index contributed by atoms with van der Waals surface area (Å²) in [6.07, 6.45) is 0. The van der Waals surface area contributed by atoms with E-state index in [1.807, 2.05) is 0 Å². The third-order valence-electron chi connectivity index (χ3n) is 5.15. The van der Waals surface area contributed by atoms with Crippen LogP contribution in [0.3, 0.4) is 0 Å². The summed E-state index contributed by atoms with van der Waals surface area (Å²) in [7, 11) is 0. The van der Waals surface area contributed by atoms with Gasteiger partial charge in [0.1, 0.15) is 0 Å². The number of benzene rings is 3. The van der Waals surface area contributed by atoms with Gasteiger partial charge >= 0.3 is 0 Å². The number of hydrogen-bond acceptors (Lipinski definition) is 2. The molecule has 28 heavy (non-hydrogen) atoms. The van der Waals surface area contributed by atoms with Crippen LogP contribution in [0.5, 0.6) is 0 Å². The van der Waals surface area contributed by atoms with E-state index in [0.717, 1.165) is 16.0 Å². The van der Waals surface area contributed by atoms with Crippen LogP contribution in [0.4, 0.5) is 0 Å². The van der Waals surface area contributed by atoms with Crippen LogP contribution >= 0.6 is 11.8 Å². The highest BCUT2D eigenvalue weighted by atomic mass is 32.2. The van der Waals surface area contributed by atoms with Crippen LogP contribution in [0.2, 0.25) is 0 Å². The van der Waals surface area contributed by atoms with Crippen LogP contribution in [-0.2, 0) is 4.79 Å². The number of thioether (sulfide) groups is 1. The Kier molecular flexibility index (Phi) is 5.81. The first kappa shape index (κ1) is 20.4. The number of hydrogen-bond donors (Lipinski definition) is 0. The van der Waals surface area contributed by atoms with Gasteiger partial charge in [-0.1, -0.05) is 65.4 Å². The summed E-state index contributed by atoms with van der Waals surface area (Å²) in [6, 6.07) is 15.3. The van der Waals surface area contributed by atoms with E-state index in [2.05, 4.69) is 84.0 Å². The number of rotatable bonds is 3. The second-order valence-electron chi connectivity index (χ2n) is 7.82. The Morgan fingerprint density at radius 2 is 1.04 bits per heavy atom. The molecule has 3 rings (SSSR count). The van der Waals surface area contributed by atoms with E-state index in [4.69, 9.17) is 0 Å². The molecule has 3 aromatic rings. The average molecular weight is 389 g/mol. The van der Waals surface area contributed by atoms with E-state index in [1.165, 1.54) is 56.3 Å². The van der Waals surface area contributed by atoms with Gasteiger partial charge in [-0.3, -0.25) is 4.79 Å². The maximum Gasteiger partial charge on any atom is 0.190 e. The zero-order valence-electron chi connectivity index (χ0n) is 17.9. The molecular weight excluding hydrogens is 360 g/mol. The van der Waals surface area contributed by atoms with Crippen LogP contribution in [0, 0.1) is 41.5 Å². The Hall–Kier alpha value is -2.32. The predicted octanol–water partition coefficient (Wildman–Crippen LogP) is 7.51. The lowest BCUT2D eigenvalue weighted by Crippen LogP contribution is -1.98. The molecule has 0 bridgehead atoms. The molecule has 0 saturated carbocycles. The maximum atomic E-state index is 12.2. The van der Waals surface area contributed by atoms with Crippen LogP contribution in [-0.4, -0.2) is 5.12 Å². The molecule has 0 aliphatic heterocycles. The molecule has 0 amide bonds. The molecule has 1 nitrogen and oxygen atoms in total. The summed E-state index contributed by atoms with van der Waals surface area (Å²) < 4.78 is 0. The fraction of sp³-hybridized carbons (Fsp3) is 0.269. The Balaban J connectivity index is 2.37. The van der Waals surface area contributed by atoms with Crippen molar-refractivity contribution >= 4 is 16.9 Å². The van der Waals surface area contributed by atoms with Crippen LogP contribution in [0.1, 0.15) is 40.3 Å². The molecule has 3 aromatic carbocycles. The summed E-state index contributed by atoms with van der Waals surface area (Å²) in [5.74, 6) is 0. The van der Waals surface area contributed by atoms with Crippen LogP contribution < -0.4 is 0 Å². The van der Waals surface area contributed by atoms with Crippen molar-refractivity contribution in [2.24, 2.45) is 0 Å². The first-order valence-electron chi connectivity index (χ1n) is 9.67. The van der Waals surface area contributed by atoms with E-state index in [1.54, 1.807) is 6.92 Å². The van der Waals surface area contributed by atoms with Gasteiger partial charge in [0, 0.05) is 11.8 Å². The zero-order valence-corrected chi connectivity index (χ0v) is 18.7. The lowest BCUT2D eigenvalue weighted by atomic mass is 9.89. The molecule has 0 fully saturated rings. The van der Waals surface area contributed by atoms with Gasteiger partial charge in [-0.2, -0.15) is 0 Å². The fourth-order valence-corrected chi connectivity index (χ4v) is 5.24. The molecule has 0 atom stereocenters. The van der Waals surface area contributed by atoms with Gasteiger partial charge in [-0.25, -0.2) is 0 Å². The fourth-order valence-electron chi connectivity index (χ4n) is 4.39. The highest BCUT2D eigenvalue weighted by Gasteiger charge is 2.19. The third-order valence-corrected chi connectivity index (χ3v) is 6.08. The smallest absolute Gasteiger partial charge is 0.190 e. The van der Waals surface area contributed by atoms with Crippen molar-refractivity contribution in [2.45, 2.75) is 53.4 Å². The Bertz CT molecular complexity index is 954. The Morgan fingerprint density at radius 1 is 0.679 bits per heavy atom. The molecule has 2 heteroatoms. The van der Waals surface area contributed by atoms with Gasteiger partial charge in [-0.05, 0) is 86.1 Å². The van der Waals surface area contributed by atoms with Crippen molar-refractivity contribution in [3.8, 4) is 22.3 Å². The molecule has 0 saturated heterocycles. The molecule has 144 valence electrons. The van der Waals surface area contributed by atoms with Crippen molar-refractivity contribution in [3.05, 3.63) is 75.8 Å². The molecule has 0 aromatic heterocycles. The summed E-state index contributed by atoms with van der Waals surface area (Å²) >= 11 is 1.35. The standard InChI is InChI=1S/C26H28OS/c1-15-11-17(3)24(18(4)12-15)22-9-8-10-23(26(22)28-21(7)27)25-19(5)13-16(2)14-20(25)6/h8-14H,1-7H3. The second kappa shape index (κ2) is 7.97. The van der Waals surface area contributed by atoms with Gasteiger partial charge in [0.05, 0.1) is 0 Å². The average Bonchev–Trinajstić information content (AvgIpc) is 2.55. The summed E-state index contributed by atoms with van der Waals surface area (Å²) in [6.45, 7) is 14.5. The summed E-state index contributed by atoms with van der Waals surface area (Å²) in [4.78, 5) is 13.2. The van der Waals surface area contributed by atoms with Gasteiger partial charge < -0.3 is 0 Å². The monoisotopic (exact) mass is 388 g/mol. The lowest BCUT2D eigenvalue weighted by molar-refractivity contribution is -0.109. The SMILES string of the molecule is CC(=O)Sc1c(-c2c(C)cc(C)cc2C)cccc1-c1c(C)cc(C)cc1C. The van der Waals surface area contributed by atoms with E-state index in [0.29, 0.717) is 0 Å². The number of aryl methyl sites for hydroxylation is 6. The zero-order chi connectivity index (χ0) is 20.6. The molecule has 0 heterocycles.